The lowest BCUT2D eigenvalue weighted by atomic mass is 9.94. The third kappa shape index (κ3) is 4.67. The fourth-order valence-corrected chi connectivity index (χ4v) is 2.72. The number of rotatable bonds is 7. The number of hydrogen-bond donors (Lipinski definition) is 2. The van der Waals surface area contributed by atoms with Gasteiger partial charge in [-0.2, -0.15) is 5.06 Å². The Morgan fingerprint density at radius 3 is 2.00 bits per heavy atom. The second kappa shape index (κ2) is 8.08. The fraction of sp³-hybridized carbons (Fsp3) is 0.368. The zero-order valence-corrected chi connectivity index (χ0v) is 13.3. The van der Waals surface area contributed by atoms with Crippen LogP contribution in [-0.2, 0) is 6.54 Å². The highest BCUT2D eigenvalue weighted by molar-refractivity contribution is 5.21. The van der Waals surface area contributed by atoms with Crippen LogP contribution in [0.1, 0.15) is 37.4 Å². The summed E-state index contributed by atoms with van der Waals surface area (Å²) in [6.07, 6.45) is 0.0295. The van der Waals surface area contributed by atoms with Gasteiger partial charge in [0.2, 0.25) is 0 Å². The van der Waals surface area contributed by atoms with Crippen LogP contribution in [0.15, 0.2) is 60.7 Å². The van der Waals surface area contributed by atoms with Gasteiger partial charge in [0.25, 0.3) is 0 Å². The summed E-state index contributed by atoms with van der Waals surface area (Å²) in [7, 11) is 0. The summed E-state index contributed by atoms with van der Waals surface area (Å²) in [6, 6.07) is 19.1. The highest BCUT2D eigenvalue weighted by Crippen LogP contribution is 2.28. The fourth-order valence-electron chi connectivity index (χ4n) is 2.72. The summed E-state index contributed by atoms with van der Waals surface area (Å²) in [5.74, 6) is 0.367. The first kappa shape index (κ1) is 16.7. The van der Waals surface area contributed by atoms with E-state index in [-0.39, 0.29) is 0 Å². The predicted molar refractivity (Wildman–Crippen MR) is 88.4 cm³/mol. The molecule has 0 fully saturated rings. The second-order valence-electron chi connectivity index (χ2n) is 6.14. The van der Waals surface area contributed by atoms with Crippen molar-refractivity contribution in [2.45, 2.75) is 39.0 Å². The molecule has 3 nitrogen and oxygen atoms in total. The van der Waals surface area contributed by atoms with Crippen LogP contribution in [0.25, 0.3) is 0 Å². The van der Waals surface area contributed by atoms with Crippen molar-refractivity contribution < 1.29 is 10.3 Å². The van der Waals surface area contributed by atoms with E-state index in [0.29, 0.717) is 18.9 Å². The van der Waals surface area contributed by atoms with Crippen LogP contribution in [0.2, 0.25) is 0 Å². The molecule has 0 amide bonds. The Labute approximate surface area is 132 Å². The van der Waals surface area contributed by atoms with Gasteiger partial charge in [0.1, 0.15) is 0 Å². The van der Waals surface area contributed by atoms with E-state index in [1.54, 1.807) is 0 Å². The minimum Gasteiger partial charge on any atom is -0.391 e. The Hall–Kier alpha value is -1.68. The minimum absolute atomic E-state index is 0.367. The molecule has 0 aliphatic carbocycles. The predicted octanol–water partition coefficient (Wildman–Crippen LogP) is 4.03. The molecule has 0 spiro atoms. The zero-order valence-electron chi connectivity index (χ0n) is 13.3. The van der Waals surface area contributed by atoms with Gasteiger partial charge in [-0.3, -0.25) is 0 Å². The molecule has 0 saturated heterocycles. The maximum atomic E-state index is 10.6. The molecule has 0 aliphatic heterocycles. The molecule has 0 saturated carbocycles. The summed E-state index contributed by atoms with van der Waals surface area (Å²) in [5.41, 5.74) is 1.94. The number of aliphatic hydroxyl groups is 1. The van der Waals surface area contributed by atoms with Crippen LogP contribution in [0, 0.1) is 5.92 Å². The molecule has 0 aromatic heterocycles. The molecule has 3 heteroatoms. The molecular weight excluding hydrogens is 274 g/mol. The lowest BCUT2D eigenvalue weighted by Crippen LogP contribution is -2.34. The quantitative estimate of drug-likeness (QED) is 0.759. The maximum Gasteiger partial charge on any atom is 0.0862 e. The molecule has 0 radical (unpaired) electrons. The molecule has 0 aliphatic rings. The van der Waals surface area contributed by atoms with E-state index in [1.807, 2.05) is 60.7 Å². The van der Waals surface area contributed by atoms with Gasteiger partial charge in [-0.1, -0.05) is 74.5 Å². The Kier molecular flexibility index (Phi) is 6.13. The lowest BCUT2D eigenvalue weighted by Gasteiger charge is -2.31. The minimum atomic E-state index is -0.615. The smallest absolute Gasteiger partial charge is 0.0862 e. The highest BCUT2D eigenvalue weighted by atomic mass is 16.5. The second-order valence-corrected chi connectivity index (χ2v) is 6.14. The standard InChI is InChI=1S/C19H25NO2/c1-15(2)13-18(21)19(17-11-7-4-8-12-17)20(22)14-16-9-5-3-6-10-16/h3-12,15,18-19,21-22H,13-14H2,1-2H3. The lowest BCUT2D eigenvalue weighted by molar-refractivity contribution is -0.167. The first-order valence-electron chi connectivity index (χ1n) is 7.80. The van der Waals surface area contributed by atoms with Gasteiger partial charge in [0, 0.05) is 6.54 Å². The summed E-state index contributed by atoms with van der Waals surface area (Å²) in [4.78, 5) is 0. The van der Waals surface area contributed by atoms with E-state index in [4.69, 9.17) is 0 Å². The Bertz CT molecular complexity index is 542. The van der Waals surface area contributed by atoms with Crippen LogP contribution < -0.4 is 0 Å². The summed E-state index contributed by atoms with van der Waals surface area (Å²) >= 11 is 0. The van der Waals surface area contributed by atoms with Gasteiger partial charge in [0.05, 0.1) is 12.1 Å². The first-order valence-corrected chi connectivity index (χ1v) is 7.80. The van der Waals surface area contributed by atoms with Crippen LogP contribution in [-0.4, -0.2) is 21.5 Å². The van der Waals surface area contributed by atoms with Crippen molar-refractivity contribution in [2.75, 3.05) is 0 Å². The van der Waals surface area contributed by atoms with Crippen molar-refractivity contribution in [2.24, 2.45) is 5.92 Å². The molecule has 2 unspecified atom stereocenters. The molecule has 2 rings (SSSR count). The van der Waals surface area contributed by atoms with Crippen molar-refractivity contribution in [3.8, 4) is 0 Å². The number of hydrogen-bond acceptors (Lipinski definition) is 3. The number of aliphatic hydroxyl groups excluding tert-OH is 1. The maximum absolute atomic E-state index is 10.6. The van der Waals surface area contributed by atoms with Crippen molar-refractivity contribution in [1.29, 1.82) is 0 Å². The first-order chi connectivity index (χ1) is 10.6. The SMILES string of the molecule is CC(C)CC(O)C(c1ccccc1)N(O)Cc1ccccc1. The van der Waals surface area contributed by atoms with Crippen molar-refractivity contribution in [1.82, 2.24) is 5.06 Å². The van der Waals surface area contributed by atoms with E-state index >= 15 is 0 Å². The Morgan fingerprint density at radius 1 is 0.909 bits per heavy atom. The average molecular weight is 299 g/mol. The molecule has 0 heterocycles. The normalized spacial score (nSPS) is 14.3. The van der Waals surface area contributed by atoms with E-state index < -0.39 is 12.1 Å². The van der Waals surface area contributed by atoms with Crippen LogP contribution in [0.4, 0.5) is 0 Å². The third-order valence-corrected chi connectivity index (χ3v) is 3.73. The monoisotopic (exact) mass is 299 g/mol. The van der Waals surface area contributed by atoms with Crippen LogP contribution in [0.3, 0.4) is 0 Å². The molecule has 22 heavy (non-hydrogen) atoms. The van der Waals surface area contributed by atoms with Gasteiger partial charge in [-0.15, -0.1) is 0 Å². The van der Waals surface area contributed by atoms with Gasteiger partial charge in [-0.25, -0.2) is 0 Å². The van der Waals surface area contributed by atoms with Gasteiger partial charge >= 0.3 is 0 Å². The summed E-state index contributed by atoms with van der Waals surface area (Å²) in [5, 5.41) is 22.4. The number of benzene rings is 2. The van der Waals surface area contributed by atoms with Crippen LogP contribution in [0.5, 0.6) is 0 Å². The van der Waals surface area contributed by atoms with Gasteiger partial charge < -0.3 is 10.3 Å². The molecule has 2 N–H and O–H groups in total. The summed E-state index contributed by atoms with van der Waals surface area (Å²) < 4.78 is 0. The van der Waals surface area contributed by atoms with Crippen LogP contribution >= 0.6 is 0 Å². The van der Waals surface area contributed by atoms with Crippen molar-refractivity contribution in [3.63, 3.8) is 0 Å². The van der Waals surface area contributed by atoms with Gasteiger partial charge in [0.15, 0.2) is 0 Å². The largest absolute Gasteiger partial charge is 0.391 e. The molecule has 0 bridgehead atoms. The molecule has 2 atom stereocenters. The van der Waals surface area contributed by atoms with E-state index in [9.17, 15) is 10.3 Å². The zero-order chi connectivity index (χ0) is 15.9. The third-order valence-electron chi connectivity index (χ3n) is 3.73. The molecule has 2 aromatic rings. The molecule has 2 aromatic carbocycles. The number of nitrogens with zero attached hydrogens (tertiary/aromatic N) is 1. The van der Waals surface area contributed by atoms with Gasteiger partial charge in [-0.05, 0) is 23.5 Å². The Balaban J connectivity index is 2.19. The van der Waals surface area contributed by atoms with E-state index in [0.717, 1.165) is 11.1 Å². The number of hydroxylamine groups is 2. The Morgan fingerprint density at radius 2 is 1.45 bits per heavy atom. The average Bonchev–Trinajstić information content (AvgIpc) is 2.48. The van der Waals surface area contributed by atoms with E-state index in [2.05, 4.69) is 13.8 Å². The van der Waals surface area contributed by atoms with E-state index in [1.165, 1.54) is 5.06 Å². The molecular formula is C19H25NO2. The summed E-state index contributed by atoms with van der Waals surface area (Å²) in [6.45, 7) is 4.53. The highest BCUT2D eigenvalue weighted by Gasteiger charge is 2.27. The van der Waals surface area contributed by atoms with Crippen molar-refractivity contribution in [3.05, 3.63) is 71.8 Å². The molecule has 118 valence electrons. The topological polar surface area (TPSA) is 43.7 Å². The van der Waals surface area contributed by atoms with Crippen molar-refractivity contribution >= 4 is 0 Å².